The largest absolute Gasteiger partial charge is 0.295 e. The molecule has 1 saturated heterocycles. The van der Waals surface area contributed by atoms with Crippen LogP contribution >= 0.6 is 11.3 Å². The molecular weight excluding hydrogens is 428 g/mol. The third-order valence-electron chi connectivity index (χ3n) is 4.39. The Morgan fingerprint density at radius 3 is 2.43 bits per heavy atom. The number of ketones is 1. The number of benzene rings is 2. The van der Waals surface area contributed by atoms with E-state index in [2.05, 4.69) is 10.1 Å². The highest BCUT2D eigenvalue weighted by atomic mass is 32.2. The first kappa shape index (κ1) is 19.9. The van der Waals surface area contributed by atoms with Gasteiger partial charge in [0.15, 0.2) is 0 Å². The van der Waals surface area contributed by atoms with E-state index in [1.807, 2.05) is 17.1 Å². The molecule has 2 amide bonds. The molecule has 1 aliphatic heterocycles. The summed E-state index contributed by atoms with van der Waals surface area (Å²) in [7, 11) is -4.09. The van der Waals surface area contributed by atoms with Gasteiger partial charge in [0.05, 0.1) is 15.1 Å². The second-order valence-electron chi connectivity index (χ2n) is 6.51. The van der Waals surface area contributed by atoms with Gasteiger partial charge in [-0.2, -0.15) is 18.4 Å². The summed E-state index contributed by atoms with van der Waals surface area (Å²) in [5, 5.41) is 5.77. The molecule has 11 heteroatoms. The van der Waals surface area contributed by atoms with E-state index >= 15 is 0 Å². The van der Waals surface area contributed by atoms with Crippen LogP contribution in [-0.4, -0.2) is 36.7 Å². The third-order valence-corrected chi connectivity index (χ3v) is 6.72. The maximum absolute atomic E-state index is 12.5. The predicted octanol–water partition coefficient (Wildman–Crippen LogP) is 1.25. The Morgan fingerprint density at radius 1 is 1.03 bits per heavy atom. The SMILES string of the molecule is Cc1ccc(S(=O)(=O)N/N=C2/C(=O)NC(=O)C(=O)C2c2nc3ccccc3s2)cc1. The van der Waals surface area contributed by atoms with Gasteiger partial charge in [-0.15, -0.1) is 11.3 Å². The van der Waals surface area contributed by atoms with Gasteiger partial charge < -0.3 is 0 Å². The summed E-state index contributed by atoms with van der Waals surface area (Å²) in [5.74, 6) is -4.40. The Kier molecular flexibility index (Phi) is 4.92. The molecule has 0 aliphatic carbocycles. The van der Waals surface area contributed by atoms with Crippen LogP contribution in [0.3, 0.4) is 0 Å². The number of nitrogens with one attached hydrogen (secondary N) is 2. The molecule has 2 heterocycles. The number of carbonyl (C=O) groups excluding carboxylic acids is 3. The standard InChI is InChI=1S/C19H14N4O5S2/c1-10-6-8-11(9-7-10)30(27,28)23-22-15-14(16(24)18(26)21-17(15)25)19-20-12-4-2-3-5-13(12)29-19/h2-9,14,23H,1H3,(H,21,25,26)/b22-15+. The first-order valence-electron chi connectivity index (χ1n) is 8.67. The Morgan fingerprint density at radius 2 is 1.73 bits per heavy atom. The molecular formula is C19H14N4O5S2. The number of rotatable bonds is 4. The average molecular weight is 442 g/mol. The number of piperidine rings is 1. The maximum atomic E-state index is 12.5. The highest BCUT2D eigenvalue weighted by molar-refractivity contribution is 7.89. The number of aromatic nitrogens is 1. The van der Waals surface area contributed by atoms with Gasteiger partial charge in [0.1, 0.15) is 16.6 Å². The maximum Gasteiger partial charge on any atom is 0.295 e. The molecule has 2 aromatic carbocycles. The normalized spacial score (nSPS) is 18.6. The van der Waals surface area contributed by atoms with Gasteiger partial charge >= 0.3 is 0 Å². The van der Waals surface area contributed by atoms with Crippen LogP contribution in [0.25, 0.3) is 10.2 Å². The summed E-state index contributed by atoms with van der Waals surface area (Å²) >= 11 is 1.12. The third kappa shape index (κ3) is 3.60. The fourth-order valence-electron chi connectivity index (χ4n) is 2.85. The fraction of sp³-hybridized carbons (Fsp3) is 0.105. The molecule has 30 heavy (non-hydrogen) atoms. The van der Waals surface area contributed by atoms with Gasteiger partial charge in [-0.05, 0) is 31.2 Å². The number of Topliss-reactive ketones (excluding diaryl/α,β-unsaturated/α-hetero) is 1. The number of aryl methyl sites for hydroxylation is 1. The number of thiazole rings is 1. The van der Waals surface area contributed by atoms with Crippen LogP contribution in [-0.2, 0) is 24.4 Å². The summed E-state index contributed by atoms with van der Waals surface area (Å²) < 4.78 is 25.8. The van der Waals surface area contributed by atoms with E-state index < -0.39 is 39.3 Å². The molecule has 1 fully saturated rings. The molecule has 0 spiro atoms. The van der Waals surface area contributed by atoms with Crippen molar-refractivity contribution >= 4 is 54.9 Å². The van der Waals surface area contributed by atoms with Crippen molar-refractivity contribution in [3.05, 3.63) is 59.1 Å². The van der Waals surface area contributed by atoms with Crippen molar-refractivity contribution in [3.63, 3.8) is 0 Å². The zero-order valence-corrected chi connectivity index (χ0v) is 17.1. The van der Waals surface area contributed by atoms with Crippen molar-refractivity contribution in [2.24, 2.45) is 5.10 Å². The highest BCUT2D eigenvalue weighted by Gasteiger charge is 2.43. The molecule has 2 N–H and O–H groups in total. The molecule has 1 unspecified atom stereocenters. The number of amides is 2. The van der Waals surface area contributed by atoms with Crippen molar-refractivity contribution < 1.29 is 22.8 Å². The average Bonchev–Trinajstić information content (AvgIpc) is 3.13. The molecule has 0 saturated carbocycles. The Balaban J connectivity index is 1.74. The lowest BCUT2D eigenvalue weighted by molar-refractivity contribution is -0.141. The molecule has 152 valence electrons. The van der Waals surface area contributed by atoms with Crippen LogP contribution in [0.4, 0.5) is 0 Å². The second-order valence-corrected chi connectivity index (χ2v) is 9.23. The van der Waals surface area contributed by atoms with E-state index in [0.29, 0.717) is 5.52 Å². The summed E-state index contributed by atoms with van der Waals surface area (Å²) in [6.45, 7) is 1.81. The summed E-state index contributed by atoms with van der Waals surface area (Å²) in [5.41, 5.74) is 1.00. The quantitative estimate of drug-likeness (QED) is 0.355. The van der Waals surface area contributed by atoms with Gasteiger partial charge in [-0.1, -0.05) is 29.8 Å². The predicted molar refractivity (Wildman–Crippen MR) is 109 cm³/mol. The summed E-state index contributed by atoms with van der Waals surface area (Å²) in [4.78, 5) is 43.1. The fourth-order valence-corrected chi connectivity index (χ4v) is 4.74. The Bertz CT molecular complexity index is 1290. The van der Waals surface area contributed by atoms with Crippen LogP contribution in [0.2, 0.25) is 0 Å². The second kappa shape index (κ2) is 7.43. The summed E-state index contributed by atoms with van der Waals surface area (Å²) in [6, 6.07) is 13.1. The smallest absolute Gasteiger partial charge is 0.287 e. The molecule has 4 rings (SSSR count). The highest BCUT2D eigenvalue weighted by Crippen LogP contribution is 2.30. The topological polar surface area (TPSA) is 135 Å². The van der Waals surface area contributed by atoms with E-state index in [4.69, 9.17) is 0 Å². The molecule has 3 aromatic rings. The van der Waals surface area contributed by atoms with Gasteiger partial charge in [0.25, 0.3) is 21.8 Å². The first-order chi connectivity index (χ1) is 14.3. The Labute approximate surface area is 174 Å². The van der Waals surface area contributed by atoms with Gasteiger partial charge in [0, 0.05) is 0 Å². The molecule has 1 aromatic heterocycles. The molecule has 0 bridgehead atoms. The minimum absolute atomic E-state index is 0.0624. The summed E-state index contributed by atoms with van der Waals surface area (Å²) in [6.07, 6.45) is 0. The van der Waals surface area contributed by atoms with Crippen molar-refractivity contribution in [2.75, 3.05) is 0 Å². The van der Waals surface area contributed by atoms with Crippen LogP contribution in [0.15, 0.2) is 58.5 Å². The number of para-hydroxylation sites is 1. The molecule has 9 nitrogen and oxygen atoms in total. The lowest BCUT2D eigenvalue weighted by atomic mass is 9.94. The minimum atomic E-state index is -4.09. The van der Waals surface area contributed by atoms with Crippen LogP contribution < -0.4 is 10.1 Å². The van der Waals surface area contributed by atoms with Crippen LogP contribution in [0, 0.1) is 6.92 Å². The van der Waals surface area contributed by atoms with Crippen molar-refractivity contribution in [2.45, 2.75) is 17.7 Å². The Hall–Kier alpha value is -3.44. The van der Waals surface area contributed by atoms with E-state index in [1.165, 1.54) is 12.1 Å². The first-order valence-corrected chi connectivity index (χ1v) is 11.0. The van der Waals surface area contributed by atoms with Crippen molar-refractivity contribution in [1.82, 2.24) is 15.1 Å². The lowest BCUT2D eigenvalue weighted by Crippen LogP contribution is -2.52. The van der Waals surface area contributed by atoms with Gasteiger partial charge in [-0.25, -0.2) is 4.98 Å². The van der Waals surface area contributed by atoms with Crippen LogP contribution in [0.1, 0.15) is 16.5 Å². The lowest BCUT2D eigenvalue weighted by Gasteiger charge is -2.19. The number of hydrogen-bond acceptors (Lipinski definition) is 8. The zero-order valence-electron chi connectivity index (χ0n) is 15.4. The van der Waals surface area contributed by atoms with Crippen molar-refractivity contribution in [3.8, 4) is 0 Å². The minimum Gasteiger partial charge on any atom is -0.287 e. The van der Waals surface area contributed by atoms with E-state index in [0.717, 1.165) is 21.6 Å². The zero-order chi connectivity index (χ0) is 21.5. The number of carbonyl (C=O) groups is 3. The number of sulfonamides is 1. The number of fused-ring (bicyclic) bond motifs is 1. The van der Waals surface area contributed by atoms with Crippen LogP contribution in [0.5, 0.6) is 0 Å². The number of hydrazone groups is 1. The van der Waals surface area contributed by atoms with Gasteiger partial charge in [-0.3, -0.25) is 19.7 Å². The number of nitrogens with zero attached hydrogens (tertiary/aromatic N) is 2. The van der Waals surface area contributed by atoms with E-state index in [-0.39, 0.29) is 9.90 Å². The molecule has 1 atom stereocenters. The molecule has 0 radical (unpaired) electrons. The van der Waals surface area contributed by atoms with E-state index in [9.17, 15) is 22.8 Å². The van der Waals surface area contributed by atoms with E-state index in [1.54, 1.807) is 36.4 Å². The number of imide groups is 1. The number of hydrogen-bond donors (Lipinski definition) is 2. The monoisotopic (exact) mass is 442 g/mol. The van der Waals surface area contributed by atoms with Crippen molar-refractivity contribution in [1.29, 1.82) is 0 Å². The molecule has 1 aliphatic rings. The van der Waals surface area contributed by atoms with Gasteiger partial charge in [0.2, 0.25) is 5.78 Å².